The maximum atomic E-state index is 12.1. The van der Waals surface area contributed by atoms with Gasteiger partial charge in [0, 0.05) is 52.3 Å². The summed E-state index contributed by atoms with van der Waals surface area (Å²) < 4.78 is 10.7. The molecule has 0 saturated carbocycles. The van der Waals surface area contributed by atoms with E-state index in [9.17, 15) is 4.79 Å². The van der Waals surface area contributed by atoms with Gasteiger partial charge in [0.1, 0.15) is 0 Å². The van der Waals surface area contributed by atoms with E-state index >= 15 is 0 Å². The number of hydrogen-bond donors (Lipinski definition) is 0. The van der Waals surface area contributed by atoms with Crippen molar-refractivity contribution in [3.8, 4) is 0 Å². The highest BCUT2D eigenvalue weighted by molar-refractivity contribution is 5.76. The summed E-state index contributed by atoms with van der Waals surface area (Å²) in [4.78, 5) is 18.6. The fraction of sp³-hybridized carbons (Fsp3) is 0.933. The first-order valence-corrected chi connectivity index (χ1v) is 7.87. The van der Waals surface area contributed by atoms with Gasteiger partial charge in [-0.15, -0.1) is 0 Å². The average Bonchev–Trinajstić information content (AvgIpc) is 2.86. The van der Waals surface area contributed by atoms with E-state index in [4.69, 9.17) is 9.47 Å². The molecule has 0 aromatic carbocycles. The van der Waals surface area contributed by atoms with Crippen LogP contribution in [0.15, 0.2) is 0 Å². The first-order chi connectivity index (χ1) is 10.1. The highest BCUT2D eigenvalue weighted by atomic mass is 16.5. The van der Waals surface area contributed by atoms with Crippen molar-refractivity contribution < 1.29 is 14.3 Å². The van der Waals surface area contributed by atoms with E-state index in [1.54, 1.807) is 7.11 Å². The van der Waals surface area contributed by atoms with Crippen molar-refractivity contribution in [2.45, 2.75) is 25.0 Å². The molecule has 122 valence electrons. The van der Waals surface area contributed by atoms with Gasteiger partial charge in [-0.1, -0.05) is 0 Å². The summed E-state index contributed by atoms with van der Waals surface area (Å²) in [6, 6.07) is 0.526. The second kappa shape index (κ2) is 8.08. The van der Waals surface area contributed by atoms with Crippen LogP contribution < -0.4 is 0 Å². The molecule has 0 N–H and O–H groups in total. The van der Waals surface area contributed by atoms with E-state index in [0.717, 1.165) is 39.1 Å². The summed E-state index contributed by atoms with van der Waals surface area (Å²) in [5.74, 6) is 0.250. The van der Waals surface area contributed by atoms with Crippen LogP contribution in [0.2, 0.25) is 0 Å². The Balaban J connectivity index is 1.67. The van der Waals surface area contributed by atoms with Gasteiger partial charge in [0.25, 0.3) is 0 Å². The van der Waals surface area contributed by atoms with Crippen LogP contribution in [0, 0.1) is 0 Å². The lowest BCUT2D eigenvalue weighted by Gasteiger charge is -2.29. The number of hydrogen-bond acceptors (Lipinski definition) is 5. The number of ether oxygens (including phenoxy) is 2. The lowest BCUT2D eigenvalue weighted by Crippen LogP contribution is -2.42. The van der Waals surface area contributed by atoms with Crippen molar-refractivity contribution in [2.75, 3.05) is 67.1 Å². The molecule has 6 nitrogen and oxygen atoms in total. The number of likely N-dealkylation sites (N-methyl/N-ethyl adjacent to an activating group) is 2. The van der Waals surface area contributed by atoms with Crippen molar-refractivity contribution in [1.29, 1.82) is 0 Å². The number of carbonyl (C=O) groups excluding carboxylic acids is 1. The van der Waals surface area contributed by atoms with Crippen molar-refractivity contribution in [3.63, 3.8) is 0 Å². The van der Waals surface area contributed by atoms with Crippen LogP contribution in [0.3, 0.4) is 0 Å². The topological polar surface area (TPSA) is 45.3 Å². The third-order valence-electron chi connectivity index (χ3n) is 4.58. The Morgan fingerprint density at radius 3 is 2.71 bits per heavy atom. The van der Waals surface area contributed by atoms with Crippen LogP contribution in [0.1, 0.15) is 12.8 Å². The quantitative estimate of drug-likeness (QED) is 0.685. The van der Waals surface area contributed by atoms with Gasteiger partial charge >= 0.3 is 0 Å². The second-order valence-corrected chi connectivity index (χ2v) is 6.19. The van der Waals surface area contributed by atoms with Gasteiger partial charge in [-0.25, -0.2) is 0 Å². The molecule has 2 atom stereocenters. The van der Waals surface area contributed by atoms with E-state index in [1.807, 2.05) is 4.90 Å². The van der Waals surface area contributed by atoms with Gasteiger partial charge in [0.15, 0.2) is 0 Å². The number of likely N-dealkylation sites (tertiary alicyclic amines) is 1. The Hall–Kier alpha value is -0.690. The molecular formula is C15H29N3O3. The highest BCUT2D eigenvalue weighted by Crippen LogP contribution is 2.18. The van der Waals surface area contributed by atoms with Gasteiger partial charge in [-0.2, -0.15) is 0 Å². The third-order valence-corrected chi connectivity index (χ3v) is 4.58. The van der Waals surface area contributed by atoms with Crippen molar-refractivity contribution in [2.24, 2.45) is 0 Å². The molecule has 0 aromatic heterocycles. The number of methoxy groups -OCH3 is 1. The molecule has 0 bridgehead atoms. The molecule has 0 radical (unpaired) electrons. The number of rotatable bonds is 6. The van der Waals surface area contributed by atoms with Gasteiger partial charge in [-0.05, 0) is 20.5 Å². The Morgan fingerprint density at radius 1 is 1.38 bits per heavy atom. The maximum absolute atomic E-state index is 12.1. The summed E-state index contributed by atoms with van der Waals surface area (Å²) in [5.41, 5.74) is 0. The smallest absolute Gasteiger partial charge is 0.224 e. The van der Waals surface area contributed by atoms with Crippen molar-refractivity contribution in [1.82, 2.24) is 14.7 Å². The normalized spacial score (nSPS) is 27.5. The van der Waals surface area contributed by atoms with Crippen molar-refractivity contribution in [3.05, 3.63) is 0 Å². The molecule has 2 saturated heterocycles. The van der Waals surface area contributed by atoms with E-state index in [1.165, 1.54) is 0 Å². The van der Waals surface area contributed by atoms with Crippen LogP contribution in [-0.2, 0) is 14.3 Å². The van der Waals surface area contributed by atoms with E-state index in [-0.39, 0.29) is 5.91 Å². The highest BCUT2D eigenvalue weighted by Gasteiger charge is 2.30. The standard InChI is InChI=1S/C15H29N3O3/c1-16(11-13-10-14(20-3)12-17(13)2)5-4-15(19)18-6-8-21-9-7-18/h13-14H,4-12H2,1-3H3/t13-,14-/m0/s1. The molecule has 2 aliphatic rings. The molecule has 0 aromatic rings. The lowest BCUT2D eigenvalue weighted by molar-refractivity contribution is -0.135. The molecule has 0 unspecified atom stereocenters. The van der Waals surface area contributed by atoms with Crippen LogP contribution in [0.4, 0.5) is 0 Å². The summed E-state index contributed by atoms with van der Waals surface area (Å²) in [6.07, 6.45) is 2.03. The van der Waals surface area contributed by atoms with Crippen LogP contribution in [0.25, 0.3) is 0 Å². The zero-order chi connectivity index (χ0) is 15.2. The molecule has 6 heteroatoms. The summed E-state index contributed by atoms with van der Waals surface area (Å²) in [5, 5.41) is 0. The first kappa shape index (κ1) is 16.7. The SMILES string of the molecule is CO[C@H]1C[C@@H](CN(C)CCC(=O)N2CCOCC2)N(C)C1. The largest absolute Gasteiger partial charge is 0.380 e. The molecule has 0 spiro atoms. The summed E-state index contributed by atoms with van der Waals surface area (Å²) in [6.45, 7) is 5.64. The number of nitrogens with zero attached hydrogens (tertiary/aromatic N) is 3. The van der Waals surface area contributed by atoms with Crippen LogP contribution in [-0.4, -0.2) is 99.9 Å². The molecule has 0 aliphatic carbocycles. The van der Waals surface area contributed by atoms with Gasteiger partial charge in [0.05, 0.1) is 19.3 Å². The third kappa shape index (κ3) is 4.92. The zero-order valence-corrected chi connectivity index (χ0v) is 13.6. The van der Waals surface area contributed by atoms with Gasteiger partial charge in [-0.3, -0.25) is 9.69 Å². The molecule has 2 aliphatic heterocycles. The fourth-order valence-corrected chi connectivity index (χ4v) is 3.12. The minimum atomic E-state index is 0.250. The molecule has 1 amide bonds. The maximum Gasteiger partial charge on any atom is 0.224 e. The minimum absolute atomic E-state index is 0.250. The second-order valence-electron chi connectivity index (χ2n) is 6.19. The Morgan fingerprint density at radius 2 is 2.10 bits per heavy atom. The zero-order valence-electron chi connectivity index (χ0n) is 13.6. The van der Waals surface area contributed by atoms with E-state index in [0.29, 0.717) is 31.8 Å². The number of amides is 1. The summed E-state index contributed by atoms with van der Waals surface area (Å²) >= 11 is 0. The average molecular weight is 299 g/mol. The predicted octanol–water partition coefficient (Wildman–Crippen LogP) is -0.114. The van der Waals surface area contributed by atoms with Crippen LogP contribution in [0.5, 0.6) is 0 Å². The number of morpholine rings is 1. The Bertz CT molecular complexity index is 334. The van der Waals surface area contributed by atoms with Crippen molar-refractivity contribution >= 4 is 5.91 Å². The van der Waals surface area contributed by atoms with Gasteiger partial charge in [0.2, 0.25) is 5.91 Å². The van der Waals surface area contributed by atoms with E-state index in [2.05, 4.69) is 23.9 Å². The number of carbonyl (C=O) groups is 1. The monoisotopic (exact) mass is 299 g/mol. The Kier molecular flexibility index (Phi) is 6.41. The first-order valence-electron chi connectivity index (χ1n) is 7.87. The molecule has 2 heterocycles. The predicted molar refractivity (Wildman–Crippen MR) is 81.3 cm³/mol. The molecule has 2 fully saturated rings. The van der Waals surface area contributed by atoms with E-state index < -0.39 is 0 Å². The minimum Gasteiger partial charge on any atom is -0.380 e. The summed E-state index contributed by atoms with van der Waals surface area (Å²) in [7, 11) is 6.03. The lowest BCUT2D eigenvalue weighted by atomic mass is 10.2. The van der Waals surface area contributed by atoms with Crippen LogP contribution >= 0.6 is 0 Å². The molecular weight excluding hydrogens is 270 g/mol. The van der Waals surface area contributed by atoms with Gasteiger partial charge < -0.3 is 19.3 Å². The molecule has 21 heavy (non-hydrogen) atoms. The molecule has 2 rings (SSSR count). The fourth-order valence-electron chi connectivity index (χ4n) is 3.12. The Labute approximate surface area is 128 Å².